The van der Waals surface area contributed by atoms with E-state index < -0.39 is 12.6 Å². The Hall–Kier alpha value is -1.55. The minimum Gasteiger partial charge on any atom is -0.310 e. The lowest BCUT2D eigenvalue weighted by Gasteiger charge is -2.15. The summed E-state index contributed by atoms with van der Waals surface area (Å²) in [5, 5.41) is 5.66. The molecule has 0 radical (unpaired) electrons. The van der Waals surface area contributed by atoms with Crippen LogP contribution in [0.5, 0.6) is 0 Å². The fourth-order valence-electron chi connectivity index (χ4n) is 2.36. The molecule has 0 heterocycles. The van der Waals surface area contributed by atoms with Crippen molar-refractivity contribution in [3.05, 3.63) is 48.0 Å². The summed E-state index contributed by atoms with van der Waals surface area (Å²) in [4.78, 5) is 0. The van der Waals surface area contributed by atoms with E-state index in [4.69, 9.17) is 0 Å². The largest absolute Gasteiger partial charge is 0.389 e. The van der Waals surface area contributed by atoms with Gasteiger partial charge in [-0.05, 0) is 48.7 Å². The van der Waals surface area contributed by atoms with E-state index in [1.54, 1.807) is 0 Å². The summed E-state index contributed by atoms with van der Waals surface area (Å²) in [6, 6.07) is 14.5. The molecule has 1 unspecified atom stereocenters. The third kappa shape index (κ3) is 5.05. The van der Waals surface area contributed by atoms with Crippen LogP contribution in [-0.2, 0) is 0 Å². The van der Waals surface area contributed by atoms with Gasteiger partial charge in [0.25, 0.3) is 0 Å². The van der Waals surface area contributed by atoms with Gasteiger partial charge in [-0.2, -0.15) is 13.2 Å². The van der Waals surface area contributed by atoms with Gasteiger partial charge in [0.05, 0.1) is 0 Å². The summed E-state index contributed by atoms with van der Waals surface area (Å²) in [7, 11) is 0. The Morgan fingerprint density at radius 2 is 1.71 bits per heavy atom. The van der Waals surface area contributed by atoms with E-state index >= 15 is 0 Å². The molecule has 0 aliphatic heterocycles. The third-order valence-electron chi connectivity index (χ3n) is 3.61. The van der Waals surface area contributed by atoms with Crippen molar-refractivity contribution >= 4 is 10.8 Å². The predicted molar refractivity (Wildman–Crippen MR) is 80.3 cm³/mol. The van der Waals surface area contributed by atoms with E-state index in [1.807, 2.05) is 19.1 Å². The van der Waals surface area contributed by atoms with Crippen molar-refractivity contribution in [3.63, 3.8) is 0 Å². The lowest BCUT2D eigenvalue weighted by molar-refractivity contribution is -0.135. The van der Waals surface area contributed by atoms with Crippen LogP contribution in [0.4, 0.5) is 13.2 Å². The maximum Gasteiger partial charge on any atom is 0.389 e. The molecule has 2 aromatic carbocycles. The van der Waals surface area contributed by atoms with Gasteiger partial charge in [0, 0.05) is 12.5 Å². The maximum absolute atomic E-state index is 12.0. The second-order valence-electron chi connectivity index (χ2n) is 5.35. The molecule has 21 heavy (non-hydrogen) atoms. The Labute approximate surface area is 123 Å². The Kier molecular flexibility index (Phi) is 5.23. The second-order valence-corrected chi connectivity index (χ2v) is 5.35. The van der Waals surface area contributed by atoms with Crippen LogP contribution in [-0.4, -0.2) is 12.7 Å². The van der Waals surface area contributed by atoms with Crippen molar-refractivity contribution in [1.29, 1.82) is 0 Å². The zero-order chi connectivity index (χ0) is 15.3. The molecule has 1 N–H and O–H groups in total. The number of benzene rings is 2. The average molecular weight is 295 g/mol. The van der Waals surface area contributed by atoms with E-state index in [0.717, 1.165) is 5.56 Å². The van der Waals surface area contributed by atoms with Crippen LogP contribution < -0.4 is 5.32 Å². The second kappa shape index (κ2) is 6.94. The minimum absolute atomic E-state index is 0.139. The van der Waals surface area contributed by atoms with Crippen LogP contribution in [0.2, 0.25) is 0 Å². The monoisotopic (exact) mass is 295 g/mol. The SMILES string of the molecule is CC(NCCCCC(F)(F)F)c1ccc2ccccc2c1. The molecule has 114 valence electrons. The van der Waals surface area contributed by atoms with Crippen LogP contribution in [0.1, 0.15) is 37.8 Å². The Morgan fingerprint density at radius 1 is 1.00 bits per heavy atom. The van der Waals surface area contributed by atoms with Crippen LogP contribution in [0.25, 0.3) is 10.8 Å². The van der Waals surface area contributed by atoms with Crippen molar-refractivity contribution in [2.24, 2.45) is 0 Å². The van der Waals surface area contributed by atoms with Crippen molar-refractivity contribution < 1.29 is 13.2 Å². The number of unbranched alkanes of at least 4 members (excludes halogenated alkanes) is 1. The van der Waals surface area contributed by atoms with E-state index in [9.17, 15) is 13.2 Å². The van der Waals surface area contributed by atoms with Crippen molar-refractivity contribution in [1.82, 2.24) is 5.32 Å². The van der Waals surface area contributed by atoms with Gasteiger partial charge >= 0.3 is 6.18 Å². The summed E-state index contributed by atoms with van der Waals surface area (Å²) in [5.41, 5.74) is 1.16. The van der Waals surface area contributed by atoms with Gasteiger partial charge in [-0.15, -0.1) is 0 Å². The van der Waals surface area contributed by atoms with Crippen LogP contribution in [0.3, 0.4) is 0 Å². The summed E-state index contributed by atoms with van der Waals surface area (Å²) >= 11 is 0. The quantitative estimate of drug-likeness (QED) is 0.720. The molecule has 1 atom stereocenters. The first-order valence-corrected chi connectivity index (χ1v) is 7.24. The molecular weight excluding hydrogens is 275 g/mol. The number of rotatable bonds is 6. The summed E-state index contributed by atoms with van der Waals surface area (Å²) in [6.07, 6.45) is -4.01. The topological polar surface area (TPSA) is 12.0 Å². The summed E-state index contributed by atoms with van der Waals surface area (Å²) in [6.45, 7) is 2.64. The average Bonchev–Trinajstić information content (AvgIpc) is 2.45. The highest BCUT2D eigenvalue weighted by Gasteiger charge is 2.25. The Balaban J connectivity index is 1.83. The van der Waals surface area contributed by atoms with Crippen molar-refractivity contribution in [2.75, 3.05) is 6.54 Å². The number of hydrogen-bond donors (Lipinski definition) is 1. The first kappa shape index (κ1) is 15.8. The molecule has 0 spiro atoms. The van der Waals surface area contributed by atoms with Gasteiger partial charge < -0.3 is 5.32 Å². The molecule has 0 amide bonds. The first-order chi connectivity index (χ1) is 9.96. The van der Waals surface area contributed by atoms with Gasteiger partial charge in [-0.25, -0.2) is 0 Å². The molecule has 0 bridgehead atoms. The molecule has 0 saturated heterocycles. The van der Waals surface area contributed by atoms with E-state index in [0.29, 0.717) is 13.0 Å². The maximum atomic E-state index is 12.0. The standard InChI is InChI=1S/C17H20F3N/c1-13(21-11-5-4-10-17(18,19)20)15-9-8-14-6-2-3-7-16(14)12-15/h2-3,6-9,12-13,21H,4-5,10-11H2,1H3. The summed E-state index contributed by atoms with van der Waals surface area (Å²) < 4.78 is 36.1. The first-order valence-electron chi connectivity index (χ1n) is 7.24. The van der Waals surface area contributed by atoms with Gasteiger partial charge in [-0.3, -0.25) is 0 Å². The fraction of sp³-hybridized carbons (Fsp3) is 0.412. The lowest BCUT2D eigenvalue weighted by atomic mass is 10.0. The molecule has 0 saturated carbocycles. The van der Waals surface area contributed by atoms with Gasteiger partial charge in [-0.1, -0.05) is 36.4 Å². The minimum atomic E-state index is -4.04. The molecule has 0 aromatic heterocycles. The van der Waals surface area contributed by atoms with Gasteiger partial charge in [0.2, 0.25) is 0 Å². The predicted octanol–water partition coefficient (Wildman–Crippen LogP) is 5.22. The number of alkyl halides is 3. The van der Waals surface area contributed by atoms with E-state index in [1.165, 1.54) is 10.8 Å². The van der Waals surface area contributed by atoms with Crippen LogP contribution >= 0.6 is 0 Å². The number of halogens is 3. The summed E-state index contributed by atoms with van der Waals surface area (Å²) in [5.74, 6) is 0. The molecule has 2 rings (SSSR count). The number of hydrogen-bond acceptors (Lipinski definition) is 1. The molecule has 2 aromatic rings. The van der Waals surface area contributed by atoms with E-state index in [2.05, 4.69) is 35.6 Å². The molecule has 0 aliphatic rings. The molecular formula is C17H20F3N. The number of nitrogens with one attached hydrogen (secondary N) is 1. The van der Waals surface area contributed by atoms with Crippen molar-refractivity contribution in [2.45, 2.75) is 38.4 Å². The molecule has 4 heteroatoms. The zero-order valence-electron chi connectivity index (χ0n) is 12.1. The molecule has 1 nitrogen and oxygen atoms in total. The molecule has 0 aliphatic carbocycles. The Morgan fingerprint density at radius 3 is 2.43 bits per heavy atom. The van der Waals surface area contributed by atoms with Crippen LogP contribution in [0, 0.1) is 0 Å². The third-order valence-corrected chi connectivity index (χ3v) is 3.61. The zero-order valence-corrected chi connectivity index (χ0v) is 12.1. The molecule has 0 fully saturated rings. The van der Waals surface area contributed by atoms with Crippen molar-refractivity contribution in [3.8, 4) is 0 Å². The number of fused-ring (bicyclic) bond motifs is 1. The highest BCUT2D eigenvalue weighted by atomic mass is 19.4. The van der Waals surface area contributed by atoms with Gasteiger partial charge in [0.1, 0.15) is 0 Å². The highest BCUT2D eigenvalue weighted by Crippen LogP contribution is 2.23. The lowest BCUT2D eigenvalue weighted by Crippen LogP contribution is -2.20. The Bertz CT molecular complexity index is 578. The highest BCUT2D eigenvalue weighted by molar-refractivity contribution is 5.83. The van der Waals surface area contributed by atoms with Crippen LogP contribution in [0.15, 0.2) is 42.5 Å². The fourth-order valence-corrected chi connectivity index (χ4v) is 2.36. The normalized spacial score (nSPS) is 13.5. The van der Waals surface area contributed by atoms with Gasteiger partial charge in [0.15, 0.2) is 0 Å². The van der Waals surface area contributed by atoms with E-state index in [-0.39, 0.29) is 12.5 Å². The smallest absolute Gasteiger partial charge is 0.310 e.